The molecule has 6 heteroatoms. The highest BCUT2D eigenvalue weighted by atomic mass is 16.5. The molecule has 1 unspecified atom stereocenters. The van der Waals surface area contributed by atoms with Gasteiger partial charge in [0.25, 0.3) is 5.91 Å². The van der Waals surface area contributed by atoms with Gasteiger partial charge in [-0.3, -0.25) is 9.59 Å². The van der Waals surface area contributed by atoms with Crippen molar-refractivity contribution in [2.24, 2.45) is 5.73 Å². The van der Waals surface area contributed by atoms with Crippen molar-refractivity contribution in [1.29, 1.82) is 0 Å². The summed E-state index contributed by atoms with van der Waals surface area (Å²) in [6.07, 6.45) is 1.32. The van der Waals surface area contributed by atoms with Crippen LogP contribution in [0.2, 0.25) is 0 Å². The smallest absolute Gasteiger partial charge is 0.253 e. The van der Waals surface area contributed by atoms with Crippen LogP contribution in [-0.2, 0) is 14.3 Å². The molecule has 1 fully saturated rings. The van der Waals surface area contributed by atoms with Crippen LogP contribution >= 0.6 is 0 Å². The SMILES string of the molecule is Cc1cc(NC(=O)CN)ccc1NC(=O)C1CCCO1. The summed E-state index contributed by atoms with van der Waals surface area (Å²) in [7, 11) is 0. The van der Waals surface area contributed by atoms with E-state index in [0.29, 0.717) is 12.3 Å². The maximum absolute atomic E-state index is 12.0. The van der Waals surface area contributed by atoms with Crippen molar-refractivity contribution in [1.82, 2.24) is 0 Å². The van der Waals surface area contributed by atoms with E-state index in [2.05, 4.69) is 10.6 Å². The van der Waals surface area contributed by atoms with Crippen LogP contribution in [0.1, 0.15) is 18.4 Å². The van der Waals surface area contributed by atoms with Gasteiger partial charge in [-0.15, -0.1) is 0 Å². The van der Waals surface area contributed by atoms with Gasteiger partial charge in [-0.1, -0.05) is 0 Å². The summed E-state index contributed by atoms with van der Waals surface area (Å²) in [5.41, 5.74) is 7.49. The number of benzene rings is 1. The fourth-order valence-electron chi connectivity index (χ4n) is 2.09. The molecular weight excluding hydrogens is 258 g/mol. The molecule has 1 aliphatic rings. The van der Waals surface area contributed by atoms with Gasteiger partial charge in [-0.2, -0.15) is 0 Å². The van der Waals surface area contributed by atoms with E-state index in [1.165, 1.54) is 0 Å². The van der Waals surface area contributed by atoms with E-state index >= 15 is 0 Å². The minimum Gasteiger partial charge on any atom is -0.368 e. The predicted octanol–water partition coefficient (Wildman–Crippen LogP) is 1.01. The molecule has 0 saturated carbocycles. The molecule has 1 saturated heterocycles. The molecule has 1 aromatic carbocycles. The Bertz CT molecular complexity index is 510. The van der Waals surface area contributed by atoms with E-state index in [1.54, 1.807) is 18.2 Å². The van der Waals surface area contributed by atoms with Crippen molar-refractivity contribution in [3.63, 3.8) is 0 Å². The van der Waals surface area contributed by atoms with E-state index in [0.717, 1.165) is 24.1 Å². The largest absolute Gasteiger partial charge is 0.368 e. The zero-order chi connectivity index (χ0) is 14.5. The lowest BCUT2D eigenvalue weighted by Gasteiger charge is -2.13. The highest BCUT2D eigenvalue weighted by Crippen LogP contribution is 2.21. The first kappa shape index (κ1) is 14.5. The second kappa shape index (κ2) is 6.49. The summed E-state index contributed by atoms with van der Waals surface area (Å²) >= 11 is 0. The van der Waals surface area contributed by atoms with Crippen molar-refractivity contribution in [3.8, 4) is 0 Å². The van der Waals surface area contributed by atoms with Gasteiger partial charge in [-0.05, 0) is 43.5 Å². The van der Waals surface area contributed by atoms with Crippen LogP contribution in [0.15, 0.2) is 18.2 Å². The lowest BCUT2D eigenvalue weighted by Crippen LogP contribution is -2.27. The molecule has 1 atom stereocenters. The number of hydrogen-bond acceptors (Lipinski definition) is 4. The second-order valence-corrected chi connectivity index (χ2v) is 4.77. The molecule has 0 spiro atoms. The van der Waals surface area contributed by atoms with Crippen molar-refractivity contribution in [2.75, 3.05) is 23.8 Å². The molecule has 1 heterocycles. The van der Waals surface area contributed by atoms with Crippen LogP contribution in [-0.4, -0.2) is 31.1 Å². The van der Waals surface area contributed by atoms with Crippen LogP contribution in [0.5, 0.6) is 0 Å². The second-order valence-electron chi connectivity index (χ2n) is 4.77. The number of hydrogen-bond donors (Lipinski definition) is 3. The lowest BCUT2D eigenvalue weighted by molar-refractivity contribution is -0.124. The molecule has 2 rings (SSSR count). The summed E-state index contributed by atoms with van der Waals surface area (Å²) < 4.78 is 5.33. The van der Waals surface area contributed by atoms with Crippen molar-refractivity contribution >= 4 is 23.2 Å². The Morgan fingerprint density at radius 3 is 2.80 bits per heavy atom. The third kappa shape index (κ3) is 3.55. The number of aryl methyl sites for hydroxylation is 1. The monoisotopic (exact) mass is 277 g/mol. The van der Waals surface area contributed by atoms with Crippen LogP contribution < -0.4 is 16.4 Å². The van der Waals surface area contributed by atoms with Crippen molar-refractivity contribution < 1.29 is 14.3 Å². The third-order valence-electron chi connectivity index (χ3n) is 3.18. The quantitative estimate of drug-likeness (QED) is 0.765. The summed E-state index contributed by atoms with van der Waals surface area (Å²) in [6, 6.07) is 5.28. The lowest BCUT2D eigenvalue weighted by atomic mass is 10.1. The van der Waals surface area contributed by atoms with Gasteiger partial charge in [-0.25, -0.2) is 0 Å². The Balaban J connectivity index is 2.01. The summed E-state index contributed by atoms with van der Waals surface area (Å²) in [6.45, 7) is 2.45. The van der Waals surface area contributed by atoms with Crippen LogP contribution in [0, 0.1) is 6.92 Å². The predicted molar refractivity (Wildman–Crippen MR) is 76.5 cm³/mol. The Labute approximate surface area is 117 Å². The number of ether oxygens (including phenoxy) is 1. The van der Waals surface area contributed by atoms with E-state index in [-0.39, 0.29) is 24.5 Å². The molecule has 6 nitrogen and oxygen atoms in total. The summed E-state index contributed by atoms with van der Waals surface area (Å²) in [4.78, 5) is 23.2. The zero-order valence-corrected chi connectivity index (χ0v) is 11.4. The number of carbonyl (C=O) groups is 2. The fraction of sp³-hybridized carbons (Fsp3) is 0.429. The van der Waals surface area contributed by atoms with Gasteiger partial charge >= 0.3 is 0 Å². The van der Waals surface area contributed by atoms with Gasteiger partial charge < -0.3 is 21.1 Å². The normalized spacial score (nSPS) is 17.8. The molecule has 1 aliphatic heterocycles. The van der Waals surface area contributed by atoms with Crippen molar-refractivity contribution in [3.05, 3.63) is 23.8 Å². The van der Waals surface area contributed by atoms with Crippen molar-refractivity contribution in [2.45, 2.75) is 25.9 Å². The van der Waals surface area contributed by atoms with E-state index in [9.17, 15) is 9.59 Å². The number of amides is 2. The molecule has 0 aromatic heterocycles. The first-order valence-electron chi connectivity index (χ1n) is 6.63. The highest BCUT2D eigenvalue weighted by molar-refractivity contribution is 5.96. The molecule has 0 radical (unpaired) electrons. The molecule has 1 aromatic rings. The highest BCUT2D eigenvalue weighted by Gasteiger charge is 2.23. The summed E-state index contributed by atoms with van der Waals surface area (Å²) in [5, 5.41) is 5.51. The number of anilines is 2. The van der Waals surface area contributed by atoms with Gasteiger partial charge in [0.05, 0.1) is 6.54 Å². The summed E-state index contributed by atoms with van der Waals surface area (Å²) in [5.74, 6) is -0.370. The van der Waals surface area contributed by atoms with Gasteiger partial charge in [0.1, 0.15) is 6.10 Å². The molecule has 4 N–H and O–H groups in total. The molecule has 0 bridgehead atoms. The maximum atomic E-state index is 12.0. The first-order valence-corrected chi connectivity index (χ1v) is 6.63. The van der Waals surface area contributed by atoms with Gasteiger partial charge in [0.15, 0.2) is 0 Å². The Hall–Kier alpha value is -1.92. The fourth-order valence-corrected chi connectivity index (χ4v) is 2.09. The third-order valence-corrected chi connectivity index (χ3v) is 3.18. The van der Waals surface area contributed by atoms with Gasteiger partial charge in [0.2, 0.25) is 5.91 Å². The number of nitrogens with two attached hydrogens (primary N) is 1. The van der Waals surface area contributed by atoms with Gasteiger partial charge in [0, 0.05) is 18.0 Å². The van der Waals surface area contributed by atoms with E-state index in [1.807, 2.05) is 6.92 Å². The van der Waals surface area contributed by atoms with E-state index < -0.39 is 0 Å². The van der Waals surface area contributed by atoms with E-state index in [4.69, 9.17) is 10.5 Å². The molecular formula is C14H19N3O3. The number of rotatable bonds is 4. The number of carbonyl (C=O) groups excluding carboxylic acids is 2. The molecule has 2 amide bonds. The maximum Gasteiger partial charge on any atom is 0.253 e. The van der Waals surface area contributed by atoms with Crippen LogP contribution in [0.25, 0.3) is 0 Å². The molecule has 20 heavy (non-hydrogen) atoms. The standard InChI is InChI=1S/C14H19N3O3/c1-9-7-10(16-13(18)8-15)4-5-11(9)17-14(19)12-3-2-6-20-12/h4-5,7,12H,2-3,6,8,15H2,1H3,(H,16,18)(H,17,19). The first-order chi connectivity index (χ1) is 9.60. The van der Waals surface area contributed by atoms with Crippen LogP contribution in [0.4, 0.5) is 11.4 Å². The Kier molecular flexibility index (Phi) is 4.70. The Morgan fingerprint density at radius 2 is 2.20 bits per heavy atom. The van der Waals surface area contributed by atoms with Crippen LogP contribution in [0.3, 0.4) is 0 Å². The average Bonchev–Trinajstić information content (AvgIpc) is 2.95. The topological polar surface area (TPSA) is 93.5 Å². The molecule has 0 aliphatic carbocycles. The minimum atomic E-state index is -0.356. The molecule has 108 valence electrons. The minimum absolute atomic E-state index is 0.0590. The number of nitrogens with one attached hydrogen (secondary N) is 2. The zero-order valence-electron chi connectivity index (χ0n) is 11.4. The Morgan fingerprint density at radius 1 is 1.40 bits per heavy atom. The average molecular weight is 277 g/mol.